The lowest BCUT2D eigenvalue weighted by Gasteiger charge is -2.16. The number of aromatic nitrogens is 8. The van der Waals surface area contributed by atoms with Crippen LogP contribution in [-0.4, -0.2) is 89.6 Å². The van der Waals surface area contributed by atoms with Gasteiger partial charge in [0.1, 0.15) is 18.0 Å². The van der Waals surface area contributed by atoms with Gasteiger partial charge in [-0.2, -0.15) is 10.1 Å². The van der Waals surface area contributed by atoms with Gasteiger partial charge in [-0.25, -0.2) is 9.97 Å². The fourth-order valence-electron chi connectivity index (χ4n) is 5.38. The van der Waals surface area contributed by atoms with Crippen LogP contribution in [-0.2, 0) is 11.8 Å². The fourth-order valence-corrected chi connectivity index (χ4v) is 5.38. The van der Waals surface area contributed by atoms with E-state index >= 15 is 0 Å². The molecule has 1 atom stereocenters. The number of aryl methyl sites for hydroxylation is 2. The smallest absolute Gasteiger partial charge is 0.246 e. The molecule has 1 saturated heterocycles. The largest absolute Gasteiger partial charge is 0.493 e. The normalized spacial score (nSPS) is 16.6. The molecule has 2 fully saturated rings. The SMILES string of the molecule is COc1cnc(Nc2cc(C)n(C)n2)nc1-c1c[nH]c2c(NC(=O)CN3CCC(Oc4cnnc(NC5CC5)n4)C3)cccc12. The van der Waals surface area contributed by atoms with Crippen LogP contribution in [0.15, 0.2) is 42.9 Å². The van der Waals surface area contributed by atoms with E-state index in [1.807, 2.05) is 44.4 Å². The summed E-state index contributed by atoms with van der Waals surface area (Å²) in [5.74, 6) is 2.37. The molecule has 5 aromatic rings. The summed E-state index contributed by atoms with van der Waals surface area (Å²) in [6.45, 7) is 3.56. The number of carbonyl (C=O) groups is 1. The Morgan fingerprint density at radius 3 is 2.84 bits per heavy atom. The number of nitrogens with zero attached hydrogens (tertiary/aromatic N) is 8. The molecule has 1 aromatic carbocycles. The number of para-hydroxylation sites is 1. The molecule has 1 aliphatic carbocycles. The second-order valence-electron chi connectivity index (χ2n) is 11.3. The first-order chi connectivity index (χ1) is 21.9. The molecular weight excluding hydrogens is 576 g/mol. The number of hydrogen-bond donors (Lipinski definition) is 4. The monoisotopic (exact) mass is 610 g/mol. The fraction of sp³-hybridized carbons (Fsp3) is 0.367. The minimum Gasteiger partial charge on any atom is -0.493 e. The van der Waals surface area contributed by atoms with Crippen molar-refractivity contribution in [2.24, 2.45) is 7.05 Å². The number of rotatable bonds is 11. The van der Waals surface area contributed by atoms with Gasteiger partial charge in [0.05, 0.1) is 31.1 Å². The van der Waals surface area contributed by atoms with Gasteiger partial charge >= 0.3 is 0 Å². The Kier molecular flexibility index (Phi) is 7.59. The Bertz CT molecular complexity index is 1830. The van der Waals surface area contributed by atoms with Crippen LogP contribution in [0.25, 0.3) is 22.2 Å². The Morgan fingerprint density at radius 1 is 1.16 bits per heavy atom. The second-order valence-corrected chi connectivity index (χ2v) is 11.3. The zero-order valence-corrected chi connectivity index (χ0v) is 25.2. The van der Waals surface area contributed by atoms with Gasteiger partial charge in [0.2, 0.25) is 23.7 Å². The van der Waals surface area contributed by atoms with Crippen LogP contribution < -0.4 is 25.4 Å². The van der Waals surface area contributed by atoms with Crippen molar-refractivity contribution in [3.05, 3.63) is 48.5 Å². The van der Waals surface area contributed by atoms with E-state index in [1.165, 1.54) is 6.20 Å². The van der Waals surface area contributed by atoms with E-state index in [0.29, 0.717) is 53.3 Å². The molecule has 45 heavy (non-hydrogen) atoms. The Hall–Kier alpha value is -5.31. The standard InChI is InChI=1S/C30H34N12O3/c1-17-11-24(40-41(17)2)36-29-32-13-23(44-3)28(38-29)21-12-31-27-20(21)5-4-6-22(27)35-25(43)16-42-10-9-19(15-42)45-26-14-33-39-30(37-26)34-18-7-8-18/h4-6,11-14,18-19,31H,7-10,15-16H2,1-3H3,(H,35,43)(H,34,37,39)(H,32,36,38,40). The predicted octanol–water partition coefficient (Wildman–Crippen LogP) is 3.27. The molecule has 1 aliphatic heterocycles. The predicted molar refractivity (Wildman–Crippen MR) is 168 cm³/mol. The molecule has 0 bridgehead atoms. The van der Waals surface area contributed by atoms with Gasteiger partial charge in [-0.05, 0) is 32.3 Å². The molecule has 4 aromatic heterocycles. The van der Waals surface area contributed by atoms with Crippen molar-refractivity contribution < 1.29 is 14.3 Å². The highest BCUT2D eigenvalue weighted by Crippen LogP contribution is 2.36. The van der Waals surface area contributed by atoms with E-state index in [-0.39, 0.29) is 18.6 Å². The summed E-state index contributed by atoms with van der Waals surface area (Å²) >= 11 is 0. The lowest BCUT2D eigenvalue weighted by atomic mass is 10.1. The van der Waals surface area contributed by atoms with Crippen LogP contribution >= 0.6 is 0 Å². The van der Waals surface area contributed by atoms with E-state index < -0.39 is 0 Å². The molecule has 0 spiro atoms. The topological polar surface area (TPSA) is 173 Å². The third-order valence-corrected chi connectivity index (χ3v) is 7.90. The zero-order chi connectivity index (χ0) is 30.9. The maximum absolute atomic E-state index is 13.1. The number of methoxy groups -OCH3 is 1. The third-order valence-electron chi connectivity index (χ3n) is 7.90. The van der Waals surface area contributed by atoms with E-state index in [1.54, 1.807) is 18.0 Å². The van der Waals surface area contributed by atoms with Crippen LogP contribution in [0.2, 0.25) is 0 Å². The second kappa shape index (κ2) is 12.0. The van der Waals surface area contributed by atoms with E-state index in [0.717, 1.165) is 48.0 Å². The highest BCUT2D eigenvalue weighted by atomic mass is 16.5. The number of anilines is 4. The lowest BCUT2D eigenvalue weighted by Crippen LogP contribution is -2.33. The van der Waals surface area contributed by atoms with Crippen molar-refractivity contribution in [1.29, 1.82) is 0 Å². The van der Waals surface area contributed by atoms with Gasteiger partial charge in [-0.15, -0.1) is 10.2 Å². The Labute approximate surface area is 258 Å². The number of carbonyl (C=O) groups excluding carboxylic acids is 1. The number of ether oxygens (including phenoxy) is 2. The van der Waals surface area contributed by atoms with E-state index in [4.69, 9.17) is 14.5 Å². The molecular formula is C30H34N12O3. The van der Waals surface area contributed by atoms with Gasteiger partial charge in [0.25, 0.3) is 0 Å². The summed E-state index contributed by atoms with van der Waals surface area (Å²) in [6, 6.07) is 8.10. The molecule has 15 nitrogen and oxygen atoms in total. The minimum atomic E-state index is -0.115. The molecule has 15 heteroatoms. The average molecular weight is 611 g/mol. The molecule has 0 radical (unpaired) electrons. The molecule has 232 valence electrons. The Morgan fingerprint density at radius 2 is 2.04 bits per heavy atom. The number of likely N-dealkylation sites (tertiary alicyclic amines) is 1. The maximum Gasteiger partial charge on any atom is 0.246 e. The van der Waals surface area contributed by atoms with Crippen LogP contribution in [0.3, 0.4) is 0 Å². The average Bonchev–Trinajstić information content (AvgIpc) is 3.40. The first kappa shape index (κ1) is 28.5. The number of H-pyrrole nitrogens is 1. The van der Waals surface area contributed by atoms with Crippen molar-refractivity contribution in [3.63, 3.8) is 0 Å². The first-order valence-corrected chi connectivity index (χ1v) is 14.9. The van der Waals surface area contributed by atoms with Crippen LogP contribution in [0.1, 0.15) is 25.0 Å². The summed E-state index contributed by atoms with van der Waals surface area (Å²) in [5, 5.41) is 22.8. The molecule has 1 saturated carbocycles. The van der Waals surface area contributed by atoms with E-state index in [9.17, 15) is 4.79 Å². The molecule has 4 N–H and O–H groups in total. The summed E-state index contributed by atoms with van der Waals surface area (Å²) < 4.78 is 13.4. The highest BCUT2D eigenvalue weighted by molar-refractivity contribution is 6.06. The van der Waals surface area contributed by atoms with Crippen molar-refractivity contribution in [2.45, 2.75) is 38.3 Å². The number of fused-ring (bicyclic) bond motifs is 1. The zero-order valence-electron chi connectivity index (χ0n) is 25.2. The van der Waals surface area contributed by atoms with Gasteiger partial charge in [-0.3, -0.25) is 14.4 Å². The van der Waals surface area contributed by atoms with Gasteiger partial charge < -0.3 is 30.4 Å². The highest BCUT2D eigenvalue weighted by Gasteiger charge is 2.27. The lowest BCUT2D eigenvalue weighted by molar-refractivity contribution is -0.117. The molecule has 5 heterocycles. The van der Waals surface area contributed by atoms with Gasteiger partial charge in [-0.1, -0.05) is 12.1 Å². The minimum absolute atomic E-state index is 0.0819. The Balaban J connectivity index is 1.02. The number of amides is 1. The van der Waals surface area contributed by atoms with Crippen molar-refractivity contribution >= 4 is 40.2 Å². The van der Waals surface area contributed by atoms with Crippen LogP contribution in [0.5, 0.6) is 11.6 Å². The van der Waals surface area contributed by atoms with Gasteiger partial charge in [0, 0.05) is 55.1 Å². The summed E-state index contributed by atoms with van der Waals surface area (Å²) in [4.78, 5) is 32.1. The molecule has 1 unspecified atom stereocenters. The van der Waals surface area contributed by atoms with Crippen molar-refractivity contribution in [2.75, 3.05) is 42.7 Å². The molecule has 2 aliphatic rings. The van der Waals surface area contributed by atoms with Crippen molar-refractivity contribution in [1.82, 2.24) is 44.8 Å². The van der Waals surface area contributed by atoms with E-state index in [2.05, 4.69) is 51.1 Å². The van der Waals surface area contributed by atoms with Crippen LogP contribution in [0.4, 0.5) is 23.4 Å². The number of nitrogens with one attached hydrogen (secondary N) is 4. The summed E-state index contributed by atoms with van der Waals surface area (Å²) in [5.41, 5.74) is 3.88. The van der Waals surface area contributed by atoms with Gasteiger partial charge in [0.15, 0.2) is 11.6 Å². The third kappa shape index (κ3) is 6.33. The molecule has 7 rings (SSSR count). The number of aromatic amines is 1. The maximum atomic E-state index is 13.1. The quantitative estimate of drug-likeness (QED) is 0.172. The summed E-state index contributed by atoms with van der Waals surface area (Å²) in [6.07, 6.45) is 7.95. The number of benzene rings is 1. The van der Waals surface area contributed by atoms with Crippen LogP contribution in [0, 0.1) is 6.92 Å². The summed E-state index contributed by atoms with van der Waals surface area (Å²) in [7, 11) is 3.46. The number of hydrogen-bond acceptors (Lipinski definition) is 12. The molecule has 1 amide bonds. The van der Waals surface area contributed by atoms with Crippen molar-refractivity contribution in [3.8, 4) is 22.9 Å². The first-order valence-electron chi connectivity index (χ1n) is 14.9.